The van der Waals surface area contributed by atoms with Gasteiger partial charge < -0.3 is 35.7 Å². The highest BCUT2D eigenvalue weighted by molar-refractivity contribution is 5.87. The Bertz CT molecular complexity index is 594. The molecule has 0 aromatic rings. The van der Waals surface area contributed by atoms with Crippen molar-refractivity contribution in [1.82, 2.24) is 0 Å². The van der Waals surface area contributed by atoms with Crippen molar-refractivity contribution in [3.8, 4) is 0 Å². The van der Waals surface area contributed by atoms with Crippen LogP contribution in [0.2, 0.25) is 0 Å². The molecule has 0 aromatic carbocycles. The summed E-state index contributed by atoms with van der Waals surface area (Å²) < 4.78 is 0. The molecule has 0 aliphatic rings. The maximum atomic E-state index is 10.6. The molecule has 0 heterocycles. The number of allylic oxidation sites excluding steroid dienone is 1. The fourth-order valence-corrected chi connectivity index (χ4v) is 1.71. The Morgan fingerprint density at radius 2 is 0.886 bits per heavy atom. The summed E-state index contributed by atoms with van der Waals surface area (Å²) in [6.45, 7) is 16.1. The van der Waals surface area contributed by atoms with E-state index in [9.17, 15) is 19.2 Å². The predicted molar refractivity (Wildman–Crippen MR) is 133 cm³/mol. The van der Waals surface area contributed by atoms with Gasteiger partial charge in [-0.3, -0.25) is 0 Å². The van der Waals surface area contributed by atoms with Crippen molar-refractivity contribution in [3.63, 3.8) is 0 Å². The van der Waals surface area contributed by atoms with E-state index in [4.69, 9.17) is 35.7 Å². The number of carboxylic acid groups (broad SMARTS) is 4. The van der Waals surface area contributed by atoms with Gasteiger partial charge in [-0.2, -0.15) is 0 Å². The lowest BCUT2D eigenvalue weighted by Gasteiger charge is -2.24. The molecular weight excluding hydrogens is 464 g/mol. The van der Waals surface area contributed by atoms with E-state index in [1.807, 2.05) is 27.7 Å². The van der Waals surface area contributed by atoms with E-state index in [0.717, 1.165) is 36.6 Å². The Kier molecular flexibility index (Phi) is 34.4. The lowest BCUT2D eigenvalue weighted by molar-refractivity contribution is -0.133. The summed E-state index contributed by atoms with van der Waals surface area (Å²) in [6, 6.07) is 0. The van der Waals surface area contributed by atoms with E-state index in [1.54, 1.807) is 0 Å². The molecule has 0 amide bonds. The van der Waals surface area contributed by atoms with Crippen molar-refractivity contribution in [2.75, 3.05) is 19.8 Å². The monoisotopic (exact) mass is 506 g/mol. The Hall–Kier alpha value is -3.28. The summed E-state index contributed by atoms with van der Waals surface area (Å²) in [5, 5.41) is 57.5. The average Bonchev–Trinajstić information content (AvgIpc) is 2.85. The summed E-state index contributed by atoms with van der Waals surface area (Å²) in [7, 11) is 0. The van der Waals surface area contributed by atoms with Crippen molar-refractivity contribution in [2.24, 2.45) is 5.41 Å². The second kappa shape index (κ2) is 28.8. The van der Waals surface area contributed by atoms with Crippen LogP contribution in [0.5, 0.6) is 0 Å². The van der Waals surface area contributed by atoms with Crippen LogP contribution in [0.1, 0.15) is 53.4 Å². The third-order valence-corrected chi connectivity index (χ3v) is 4.17. The third kappa shape index (κ3) is 30.7. The molecule has 11 nitrogen and oxygen atoms in total. The van der Waals surface area contributed by atoms with E-state index in [0.29, 0.717) is 18.4 Å². The van der Waals surface area contributed by atoms with Gasteiger partial charge in [0.15, 0.2) is 0 Å². The molecular formula is C24H42O11. The minimum Gasteiger partial charge on any atom is -0.478 e. The normalized spacial score (nSPS) is 8.77. The first-order chi connectivity index (χ1) is 16.2. The fourth-order valence-electron chi connectivity index (χ4n) is 1.71. The van der Waals surface area contributed by atoms with E-state index in [1.165, 1.54) is 0 Å². The van der Waals surface area contributed by atoms with Crippen molar-refractivity contribution < 1.29 is 54.9 Å². The number of aliphatic hydroxyl groups excluding tert-OH is 3. The summed E-state index contributed by atoms with van der Waals surface area (Å²) in [5.41, 5.74) is 0.995. The lowest BCUT2D eigenvalue weighted by Crippen LogP contribution is -2.32. The van der Waals surface area contributed by atoms with E-state index >= 15 is 0 Å². The molecule has 0 aliphatic heterocycles. The Labute approximate surface area is 207 Å². The second-order valence-electron chi connectivity index (χ2n) is 6.40. The molecule has 0 spiro atoms. The number of carbonyl (C=O) groups is 4. The minimum absolute atomic E-state index is 0.156. The molecule has 0 saturated carbocycles. The van der Waals surface area contributed by atoms with Gasteiger partial charge in [0.05, 0.1) is 19.8 Å². The molecule has 0 bridgehead atoms. The van der Waals surface area contributed by atoms with Crippen molar-refractivity contribution in [3.05, 3.63) is 49.1 Å². The first-order valence-corrected chi connectivity index (χ1v) is 10.6. The Morgan fingerprint density at radius 3 is 0.914 bits per heavy atom. The molecule has 0 radical (unpaired) electrons. The van der Waals surface area contributed by atoms with Crippen LogP contribution in [0, 0.1) is 5.41 Å². The zero-order valence-electron chi connectivity index (χ0n) is 21.1. The van der Waals surface area contributed by atoms with Crippen LogP contribution in [0.4, 0.5) is 0 Å². The number of aliphatic carboxylic acids is 4. The maximum absolute atomic E-state index is 10.6. The molecule has 35 heavy (non-hydrogen) atoms. The number of hydrogen-bond donors (Lipinski definition) is 7. The van der Waals surface area contributed by atoms with Gasteiger partial charge in [-0.25, -0.2) is 19.2 Å². The lowest BCUT2D eigenvalue weighted by atomic mass is 9.88. The molecule has 0 fully saturated rings. The highest BCUT2D eigenvalue weighted by Gasteiger charge is 2.24. The number of hydrogen-bond acceptors (Lipinski definition) is 7. The zero-order valence-corrected chi connectivity index (χ0v) is 21.1. The van der Waals surface area contributed by atoms with Crippen molar-refractivity contribution in [1.29, 1.82) is 0 Å². The van der Waals surface area contributed by atoms with Crippen LogP contribution in [0.3, 0.4) is 0 Å². The van der Waals surface area contributed by atoms with Gasteiger partial charge in [-0.1, -0.05) is 53.0 Å². The number of rotatable bonds is 11. The molecule has 7 N–H and O–H groups in total. The standard InChI is InChI=1S/C9H16O2.C6H14O3.3C3H4O2/c1-4-7(5-2)8(6-3)9(10)11;1-2-6(3-7,4-8)5-9;3*1-2-3(4)5/h4-6H2,1-3H3,(H,10,11);7-9H,2-5H2,1H3;3*2H,1H2,(H,4,5). The van der Waals surface area contributed by atoms with Crippen LogP contribution in [0.25, 0.3) is 0 Å². The van der Waals surface area contributed by atoms with Crippen LogP contribution in [0.15, 0.2) is 49.1 Å². The molecule has 0 rings (SSSR count). The Balaban J connectivity index is -0.000000112. The van der Waals surface area contributed by atoms with Gasteiger partial charge >= 0.3 is 23.9 Å². The van der Waals surface area contributed by atoms with E-state index < -0.39 is 29.3 Å². The molecule has 11 heteroatoms. The summed E-state index contributed by atoms with van der Waals surface area (Å²) >= 11 is 0. The van der Waals surface area contributed by atoms with Crippen LogP contribution in [-0.2, 0) is 19.2 Å². The number of carboxylic acids is 4. The topological polar surface area (TPSA) is 210 Å². The average molecular weight is 507 g/mol. The van der Waals surface area contributed by atoms with Crippen LogP contribution < -0.4 is 0 Å². The summed E-state index contributed by atoms with van der Waals surface area (Å²) in [6.07, 6.45) is 5.43. The number of aliphatic hydroxyl groups is 3. The molecule has 0 saturated heterocycles. The maximum Gasteiger partial charge on any atom is 0.331 e. The fraction of sp³-hybridized carbons (Fsp3) is 0.500. The largest absolute Gasteiger partial charge is 0.478 e. The summed E-state index contributed by atoms with van der Waals surface area (Å²) in [4.78, 5) is 38.4. The summed E-state index contributed by atoms with van der Waals surface area (Å²) in [5.74, 6) is -3.70. The van der Waals surface area contributed by atoms with Crippen LogP contribution in [-0.4, -0.2) is 79.4 Å². The predicted octanol–water partition coefficient (Wildman–Crippen LogP) is 2.73. The quantitative estimate of drug-likeness (QED) is 0.202. The highest BCUT2D eigenvalue weighted by Crippen LogP contribution is 2.18. The van der Waals surface area contributed by atoms with Gasteiger partial charge in [0.1, 0.15) is 0 Å². The highest BCUT2D eigenvalue weighted by atomic mass is 16.4. The first kappa shape index (κ1) is 41.9. The molecule has 204 valence electrons. The third-order valence-electron chi connectivity index (χ3n) is 4.17. The van der Waals surface area contributed by atoms with Gasteiger partial charge in [0.25, 0.3) is 0 Å². The first-order valence-electron chi connectivity index (χ1n) is 10.6. The minimum atomic E-state index is -0.981. The molecule has 0 aliphatic carbocycles. The molecule has 0 atom stereocenters. The van der Waals surface area contributed by atoms with E-state index in [-0.39, 0.29) is 19.8 Å². The van der Waals surface area contributed by atoms with Gasteiger partial charge in [0, 0.05) is 29.2 Å². The van der Waals surface area contributed by atoms with Gasteiger partial charge in [-0.05, 0) is 25.7 Å². The van der Waals surface area contributed by atoms with Crippen LogP contribution >= 0.6 is 0 Å². The Morgan fingerprint density at radius 1 is 0.629 bits per heavy atom. The molecule has 0 aromatic heterocycles. The SMILES string of the molecule is C=CC(=O)O.C=CC(=O)O.C=CC(=O)O.CCC(CC)=C(CC)C(=O)O.CCC(CO)(CO)CO. The van der Waals surface area contributed by atoms with E-state index in [2.05, 4.69) is 19.7 Å². The molecule has 0 unspecified atom stereocenters. The van der Waals surface area contributed by atoms with Crippen molar-refractivity contribution in [2.45, 2.75) is 53.4 Å². The van der Waals surface area contributed by atoms with Gasteiger partial charge in [0.2, 0.25) is 0 Å². The van der Waals surface area contributed by atoms with Gasteiger partial charge in [-0.15, -0.1) is 0 Å². The second-order valence-corrected chi connectivity index (χ2v) is 6.40. The zero-order chi connectivity index (χ0) is 29.0. The van der Waals surface area contributed by atoms with Crippen molar-refractivity contribution >= 4 is 23.9 Å². The smallest absolute Gasteiger partial charge is 0.331 e.